The lowest BCUT2D eigenvalue weighted by Gasteiger charge is -2.49. The molecule has 3 saturated heterocycles. The molecule has 0 spiro atoms. The molecule has 20 heavy (non-hydrogen) atoms. The van der Waals surface area contributed by atoms with Gasteiger partial charge in [-0.15, -0.1) is 0 Å². The third-order valence-electron chi connectivity index (χ3n) is 4.35. The second-order valence-electron chi connectivity index (χ2n) is 6.17. The molecule has 0 aliphatic carbocycles. The second kappa shape index (κ2) is 5.72. The molecule has 3 aliphatic rings. The number of benzene rings is 1. The van der Waals surface area contributed by atoms with Crippen LogP contribution >= 0.6 is 0 Å². The molecule has 1 aromatic carbocycles. The Labute approximate surface area is 121 Å². The summed E-state index contributed by atoms with van der Waals surface area (Å²) in [6, 6.07) is 8.77. The summed E-state index contributed by atoms with van der Waals surface area (Å²) in [5.41, 5.74) is 7.71. The zero-order valence-corrected chi connectivity index (χ0v) is 12.5. The van der Waals surface area contributed by atoms with Crippen molar-refractivity contribution in [2.24, 2.45) is 5.73 Å². The minimum Gasteiger partial charge on any atom is -0.491 e. The molecule has 0 amide bonds. The van der Waals surface area contributed by atoms with Crippen LogP contribution in [0.2, 0.25) is 0 Å². The molecule has 0 radical (unpaired) electrons. The summed E-state index contributed by atoms with van der Waals surface area (Å²) >= 11 is 0. The van der Waals surface area contributed by atoms with Crippen LogP contribution in [0.15, 0.2) is 24.3 Å². The Morgan fingerprint density at radius 1 is 1.20 bits per heavy atom. The Bertz CT molecular complexity index is 455. The van der Waals surface area contributed by atoms with Crippen LogP contribution in [0.25, 0.3) is 0 Å². The van der Waals surface area contributed by atoms with Crippen molar-refractivity contribution >= 4 is 0 Å². The summed E-state index contributed by atoms with van der Waals surface area (Å²) in [6.07, 6.45) is 0.196. The van der Waals surface area contributed by atoms with Crippen molar-refractivity contribution in [3.63, 3.8) is 0 Å². The fraction of sp³-hybridized carbons (Fsp3) is 0.625. The lowest BCUT2D eigenvalue weighted by Crippen LogP contribution is -2.63. The van der Waals surface area contributed by atoms with Crippen molar-refractivity contribution in [3.8, 4) is 5.75 Å². The van der Waals surface area contributed by atoms with Gasteiger partial charge in [-0.1, -0.05) is 12.1 Å². The van der Waals surface area contributed by atoms with E-state index in [1.165, 1.54) is 18.7 Å². The number of nitrogens with zero attached hydrogens (tertiary/aromatic N) is 2. The van der Waals surface area contributed by atoms with Gasteiger partial charge in [0, 0.05) is 44.8 Å². The topological polar surface area (TPSA) is 41.7 Å². The minimum atomic E-state index is 0.0637. The van der Waals surface area contributed by atoms with E-state index in [1.807, 2.05) is 26.0 Å². The standard InChI is InChI=1S/C16H25N3O/c1-12(2)20-14-5-3-4-13(10-14)16(17)15-11-18-6-8-19(15)9-7-18/h3-5,10,12,15-16H,6-9,11,17H2,1-2H3. The molecule has 4 heteroatoms. The molecule has 1 aromatic rings. The quantitative estimate of drug-likeness (QED) is 0.903. The largest absolute Gasteiger partial charge is 0.491 e. The van der Waals surface area contributed by atoms with Crippen molar-refractivity contribution in [2.45, 2.75) is 32.0 Å². The van der Waals surface area contributed by atoms with Gasteiger partial charge >= 0.3 is 0 Å². The Hall–Kier alpha value is -1.10. The van der Waals surface area contributed by atoms with Gasteiger partial charge in [0.15, 0.2) is 0 Å². The van der Waals surface area contributed by atoms with E-state index < -0.39 is 0 Å². The van der Waals surface area contributed by atoms with Gasteiger partial charge in [0.05, 0.1) is 6.10 Å². The molecule has 110 valence electrons. The van der Waals surface area contributed by atoms with E-state index in [4.69, 9.17) is 10.5 Å². The fourth-order valence-electron chi connectivity index (χ4n) is 3.29. The van der Waals surface area contributed by atoms with E-state index in [0.29, 0.717) is 6.04 Å². The maximum Gasteiger partial charge on any atom is 0.120 e. The first kappa shape index (κ1) is 13.9. The van der Waals surface area contributed by atoms with Crippen molar-refractivity contribution in [3.05, 3.63) is 29.8 Å². The van der Waals surface area contributed by atoms with Crippen LogP contribution in [0.4, 0.5) is 0 Å². The average Bonchev–Trinajstić information content (AvgIpc) is 2.47. The third-order valence-corrected chi connectivity index (χ3v) is 4.35. The first-order chi connectivity index (χ1) is 9.63. The van der Waals surface area contributed by atoms with E-state index >= 15 is 0 Å². The highest BCUT2D eigenvalue weighted by Crippen LogP contribution is 2.27. The van der Waals surface area contributed by atoms with Crippen molar-refractivity contribution in [1.82, 2.24) is 9.80 Å². The Balaban J connectivity index is 1.75. The number of piperazine rings is 3. The number of hydrogen-bond acceptors (Lipinski definition) is 4. The van der Waals surface area contributed by atoms with Crippen LogP contribution in [0, 0.1) is 0 Å². The summed E-state index contributed by atoms with van der Waals surface area (Å²) < 4.78 is 5.77. The molecule has 2 unspecified atom stereocenters. The Kier molecular flexibility index (Phi) is 3.96. The van der Waals surface area contributed by atoms with Crippen molar-refractivity contribution in [1.29, 1.82) is 0 Å². The van der Waals surface area contributed by atoms with Gasteiger partial charge in [-0.3, -0.25) is 9.80 Å². The van der Waals surface area contributed by atoms with E-state index in [9.17, 15) is 0 Å². The molecule has 4 nitrogen and oxygen atoms in total. The van der Waals surface area contributed by atoms with Crippen LogP contribution in [-0.4, -0.2) is 54.7 Å². The maximum absolute atomic E-state index is 6.53. The molecular formula is C16H25N3O. The summed E-state index contributed by atoms with van der Waals surface area (Å²) in [6.45, 7) is 9.88. The highest BCUT2D eigenvalue weighted by atomic mass is 16.5. The van der Waals surface area contributed by atoms with Crippen LogP contribution in [0.1, 0.15) is 25.5 Å². The lowest BCUT2D eigenvalue weighted by molar-refractivity contribution is 0.00211. The predicted molar refractivity (Wildman–Crippen MR) is 80.9 cm³/mol. The summed E-state index contributed by atoms with van der Waals surface area (Å²) in [5, 5.41) is 0. The predicted octanol–water partition coefficient (Wildman–Crippen LogP) is 1.47. The van der Waals surface area contributed by atoms with Gasteiger partial charge in [-0.05, 0) is 31.5 Å². The lowest BCUT2D eigenvalue weighted by atomic mass is 9.94. The molecular weight excluding hydrogens is 250 g/mol. The van der Waals surface area contributed by atoms with Gasteiger partial charge in [0.1, 0.15) is 5.75 Å². The molecule has 2 N–H and O–H groups in total. The normalized spacial score (nSPS) is 30.5. The van der Waals surface area contributed by atoms with Crippen LogP contribution in [-0.2, 0) is 0 Å². The summed E-state index contributed by atoms with van der Waals surface area (Å²) in [4.78, 5) is 5.07. The van der Waals surface area contributed by atoms with Gasteiger partial charge in [-0.2, -0.15) is 0 Å². The van der Waals surface area contributed by atoms with E-state index in [0.717, 1.165) is 25.4 Å². The monoisotopic (exact) mass is 275 g/mol. The zero-order valence-electron chi connectivity index (χ0n) is 12.5. The number of rotatable bonds is 4. The van der Waals surface area contributed by atoms with Gasteiger partial charge in [0.25, 0.3) is 0 Å². The summed E-state index contributed by atoms with van der Waals surface area (Å²) in [7, 11) is 0. The first-order valence-electron chi connectivity index (χ1n) is 7.62. The van der Waals surface area contributed by atoms with Gasteiger partial charge in [-0.25, -0.2) is 0 Å². The minimum absolute atomic E-state index is 0.0637. The molecule has 0 saturated carbocycles. The maximum atomic E-state index is 6.53. The van der Waals surface area contributed by atoms with Crippen molar-refractivity contribution in [2.75, 3.05) is 32.7 Å². The molecule has 2 bridgehead atoms. The van der Waals surface area contributed by atoms with E-state index in [2.05, 4.69) is 21.9 Å². The van der Waals surface area contributed by atoms with Crippen LogP contribution in [0.5, 0.6) is 5.75 Å². The number of fused-ring (bicyclic) bond motifs is 3. The number of ether oxygens (including phenoxy) is 1. The molecule has 3 fully saturated rings. The van der Waals surface area contributed by atoms with Crippen LogP contribution in [0.3, 0.4) is 0 Å². The fourth-order valence-corrected chi connectivity index (χ4v) is 3.29. The van der Waals surface area contributed by atoms with E-state index in [-0.39, 0.29) is 12.1 Å². The first-order valence-corrected chi connectivity index (χ1v) is 7.62. The van der Waals surface area contributed by atoms with Crippen molar-refractivity contribution < 1.29 is 4.74 Å². The Morgan fingerprint density at radius 3 is 2.55 bits per heavy atom. The SMILES string of the molecule is CC(C)Oc1cccc(C(N)C2CN3CCN2CC3)c1. The molecule has 0 aromatic heterocycles. The van der Waals surface area contributed by atoms with Gasteiger partial charge < -0.3 is 10.5 Å². The average molecular weight is 275 g/mol. The highest BCUT2D eigenvalue weighted by molar-refractivity contribution is 5.31. The highest BCUT2D eigenvalue weighted by Gasteiger charge is 2.35. The smallest absolute Gasteiger partial charge is 0.120 e. The Morgan fingerprint density at radius 2 is 1.95 bits per heavy atom. The van der Waals surface area contributed by atoms with Gasteiger partial charge in [0.2, 0.25) is 0 Å². The summed E-state index contributed by atoms with van der Waals surface area (Å²) in [5.74, 6) is 0.921. The third kappa shape index (κ3) is 2.82. The molecule has 4 rings (SSSR count). The number of hydrogen-bond donors (Lipinski definition) is 1. The number of nitrogens with two attached hydrogens (primary N) is 1. The second-order valence-corrected chi connectivity index (χ2v) is 6.17. The molecule has 3 aliphatic heterocycles. The molecule has 3 heterocycles. The van der Waals surface area contributed by atoms with Crippen LogP contribution < -0.4 is 10.5 Å². The van der Waals surface area contributed by atoms with E-state index in [1.54, 1.807) is 0 Å². The molecule has 2 atom stereocenters. The zero-order chi connectivity index (χ0) is 14.1.